The molecule has 1 unspecified atom stereocenters. The first-order chi connectivity index (χ1) is 7.27. The first-order valence-corrected chi connectivity index (χ1v) is 6.54. The van der Waals surface area contributed by atoms with E-state index in [1.165, 1.54) is 5.56 Å². The third-order valence-electron chi connectivity index (χ3n) is 3.22. The monoisotopic (exact) mass is 246 g/mol. The molecule has 4 heteroatoms. The van der Waals surface area contributed by atoms with Crippen molar-refractivity contribution in [1.29, 1.82) is 0 Å². The molecule has 1 aromatic carbocycles. The summed E-state index contributed by atoms with van der Waals surface area (Å²) in [6.07, 6.45) is 3.64. The maximum absolute atomic E-state index is 10.8. The molecule has 1 aliphatic carbocycles. The molecule has 1 saturated carbocycles. The van der Waals surface area contributed by atoms with Gasteiger partial charge >= 0.3 is 29.6 Å². The summed E-state index contributed by atoms with van der Waals surface area (Å²) in [6, 6.07) is 10.4. The zero-order valence-electron chi connectivity index (χ0n) is 9.59. The number of rotatable bonds is 2. The number of hydrogen-bond acceptors (Lipinski definition) is 2. The Morgan fingerprint density at radius 1 is 1.06 bits per heavy atom. The van der Waals surface area contributed by atoms with Crippen LogP contribution in [0.15, 0.2) is 30.3 Å². The van der Waals surface area contributed by atoms with Crippen LogP contribution in [0.25, 0.3) is 0 Å². The van der Waals surface area contributed by atoms with Crippen LogP contribution < -0.4 is 29.6 Å². The van der Waals surface area contributed by atoms with Gasteiger partial charge in [0.05, 0.1) is 0 Å². The minimum Gasteiger partial charge on any atom is -0.772 e. The van der Waals surface area contributed by atoms with Gasteiger partial charge in [-0.1, -0.05) is 41.4 Å². The van der Waals surface area contributed by atoms with E-state index in [0.717, 1.165) is 25.7 Å². The van der Waals surface area contributed by atoms with Gasteiger partial charge in [0.25, 0.3) is 0 Å². The van der Waals surface area contributed by atoms with Crippen LogP contribution in [0.4, 0.5) is 0 Å². The Labute approximate surface area is 121 Å². The summed E-state index contributed by atoms with van der Waals surface area (Å²) in [5, 5.41) is -0.107. The Balaban J connectivity index is 0.00000128. The average Bonchev–Trinajstić information content (AvgIpc) is 2.30. The Morgan fingerprint density at radius 3 is 2.12 bits per heavy atom. The summed E-state index contributed by atoms with van der Waals surface area (Å²) in [6.45, 7) is 0. The molecule has 1 fully saturated rings. The summed E-state index contributed by atoms with van der Waals surface area (Å²) in [7, 11) is 0. The molecule has 1 aromatic rings. The van der Waals surface area contributed by atoms with Crippen LogP contribution in [0.1, 0.15) is 37.2 Å². The first-order valence-electron chi connectivity index (χ1n) is 5.40. The van der Waals surface area contributed by atoms with Crippen molar-refractivity contribution < 1.29 is 38.3 Å². The van der Waals surface area contributed by atoms with Crippen molar-refractivity contribution in [2.24, 2.45) is 0 Å². The molecule has 1 atom stereocenters. The molecule has 0 heterocycles. The predicted molar refractivity (Wildman–Crippen MR) is 60.4 cm³/mol. The average molecular weight is 246 g/mol. The van der Waals surface area contributed by atoms with Gasteiger partial charge in [-0.2, -0.15) is 0 Å². The van der Waals surface area contributed by atoms with Gasteiger partial charge in [0.15, 0.2) is 0 Å². The topological polar surface area (TPSA) is 40.1 Å². The van der Waals surface area contributed by atoms with Gasteiger partial charge in [-0.3, -0.25) is 4.21 Å². The molecule has 16 heavy (non-hydrogen) atoms. The second kappa shape index (κ2) is 6.92. The third-order valence-corrected chi connectivity index (χ3v) is 4.23. The maximum Gasteiger partial charge on any atom is 1.00 e. The first kappa shape index (κ1) is 14.4. The molecule has 2 nitrogen and oxygen atoms in total. The van der Waals surface area contributed by atoms with Crippen molar-refractivity contribution in [2.75, 3.05) is 0 Å². The Kier molecular flexibility index (Phi) is 6.22. The molecule has 0 amide bonds. The molecule has 0 aliphatic heterocycles. The van der Waals surface area contributed by atoms with Gasteiger partial charge in [-0.15, -0.1) is 0 Å². The van der Waals surface area contributed by atoms with Gasteiger partial charge in [-0.25, -0.2) is 0 Å². The largest absolute Gasteiger partial charge is 1.00 e. The standard InChI is InChI=1S/C12H16O2S.Na/c13-15(14)12-8-6-11(7-9-12)10-4-2-1-3-5-10;/h1-5,11-12H,6-9H2,(H,13,14);/q;+1/p-1. The summed E-state index contributed by atoms with van der Waals surface area (Å²) < 4.78 is 21.6. The van der Waals surface area contributed by atoms with Crippen LogP contribution in [0.5, 0.6) is 0 Å². The third kappa shape index (κ3) is 3.67. The molecule has 2 rings (SSSR count). The number of benzene rings is 1. The van der Waals surface area contributed by atoms with Gasteiger partial charge < -0.3 is 4.55 Å². The second-order valence-electron chi connectivity index (χ2n) is 4.14. The molecule has 82 valence electrons. The fourth-order valence-corrected chi connectivity index (χ4v) is 2.97. The zero-order valence-corrected chi connectivity index (χ0v) is 12.4. The van der Waals surface area contributed by atoms with E-state index in [4.69, 9.17) is 0 Å². The maximum atomic E-state index is 10.8. The van der Waals surface area contributed by atoms with Crippen molar-refractivity contribution in [2.45, 2.75) is 36.9 Å². The molecular weight excluding hydrogens is 231 g/mol. The molecule has 0 bridgehead atoms. The van der Waals surface area contributed by atoms with E-state index in [9.17, 15) is 8.76 Å². The Hall–Kier alpha value is 0.330. The van der Waals surface area contributed by atoms with Crippen molar-refractivity contribution in [3.8, 4) is 0 Å². The minimum atomic E-state index is -1.87. The van der Waals surface area contributed by atoms with Crippen LogP contribution in [0.2, 0.25) is 0 Å². The second-order valence-corrected chi connectivity index (χ2v) is 5.33. The zero-order chi connectivity index (χ0) is 10.7. The molecule has 0 radical (unpaired) electrons. The van der Waals surface area contributed by atoms with Gasteiger partial charge in [-0.05, 0) is 37.2 Å². The van der Waals surface area contributed by atoms with Crippen LogP contribution in [-0.4, -0.2) is 14.0 Å². The van der Waals surface area contributed by atoms with Crippen molar-refractivity contribution in [1.82, 2.24) is 0 Å². The van der Waals surface area contributed by atoms with Gasteiger partial charge in [0.2, 0.25) is 0 Å². The Morgan fingerprint density at radius 2 is 1.62 bits per heavy atom. The van der Waals surface area contributed by atoms with E-state index in [1.807, 2.05) is 18.2 Å². The van der Waals surface area contributed by atoms with Crippen molar-refractivity contribution >= 4 is 11.1 Å². The summed E-state index contributed by atoms with van der Waals surface area (Å²) in [5.74, 6) is 0.561. The smallest absolute Gasteiger partial charge is 0.772 e. The summed E-state index contributed by atoms with van der Waals surface area (Å²) in [5.41, 5.74) is 1.35. The SMILES string of the molecule is O=S([O-])C1CCC(c2ccccc2)CC1.[Na+]. The normalized spacial score (nSPS) is 26.8. The summed E-state index contributed by atoms with van der Waals surface area (Å²) in [4.78, 5) is 0. The predicted octanol–water partition coefficient (Wildman–Crippen LogP) is -0.404. The van der Waals surface area contributed by atoms with E-state index in [-0.39, 0.29) is 34.8 Å². The molecule has 0 spiro atoms. The van der Waals surface area contributed by atoms with Crippen LogP contribution in [0.3, 0.4) is 0 Å². The molecule has 0 N–H and O–H groups in total. The van der Waals surface area contributed by atoms with E-state index in [0.29, 0.717) is 5.92 Å². The fraction of sp³-hybridized carbons (Fsp3) is 0.500. The summed E-state index contributed by atoms with van der Waals surface area (Å²) >= 11 is -1.87. The minimum absolute atomic E-state index is 0. The van der Waals surface area contributed by atoms with Gasteiger partial charge in [0.1, 0.15) is 0 Å². The molecular formula is C12H15NaO2S. The van der Waals surface area contributed by atoms with E-state index in [1.54, 1.807) is 0 Å². The number of hydrogen-bond donors (Lipinski definition) is 0. The fourth-order valence-electron chi connectivity index (χ4n) is 2.31. The Bertz CT molecular complexity index is 334. The van der Waals surface area contributed by atoms with Crippen LogP contribution in [0, 0.1) is 0 Å². The van der Waals surface area contributed by atoms with Crippen molar-refractivity contribution in [3.05, 3.63) is 35.9 Å². The molecule has 1 aliphatic rings. The quantitative estimate of drug-likeness (QED) is 0.526. The van der Waals surface area contributed by atoms with E-state index in [2.05, 4.69) is 12.1 Å². The van der Waals surface area contributed by atoms with Crippen molar-refractivity contribution in [3.63, 3.8) is 0 Å². The van der Waals surface area contributed by atoms with Crippen LogP contribution >= 0.6 is 0 Å². The van der Waals surface area contributed by atoms with E-state index < -0.39 is 11.1 Å². The molecule has 0 aromatic heterocycles. The molecule has 0 saturated heterocycles. The van der Waals surface area contributed by atoms with Crippen LogP contribution in [-0.2, 0) is 11.1 Å². The van der Waals surface area contributed by atoms with Gasteiger partial charge in [0, 0.05) is 5.25 Å². The van der Waals surface area contributed by atoms with E-state index >= 15 is 0 Å².